The highest BCUT2D eigenvalue weighted by Gasteiger charge is 2.27. The molecule has 1 aromatic rings. The van der Waals surface area contributed by atoms with Gasteiger partial charge in [-0.05, 0) is 24.7 Å². The molecule has 1 aliphatic rings. The Morgan fingerprint density at radius 1 is 1.26 bits per heavy atom. The summed E-state index contributed by atoms with van der Waals surface area (Å²) in [4.78, 5) is 11.3. The molecular weight excluding hydrogens is 236 g/mol. The summed E-state index contributed by atoms with van der Waals surface area (Å²) in [5, 5.41) is 3.20. The van der Waals surface area contributed by atoms with Gasteiger partial charge in [0.05, 0.1) is 0 Å². The molecule has 0 aliphatic carbocycles. The first-order valence-electron chi connectivity index (χ1n) is 7.34. The van der Waals surface area contributed by atoms with Crippen molar-refractivity contribution in [3.63, 3.8) is 0 Å². The molecule has 0 saturated carbocycles. The summed E-state index contributed by atoms with van der Waals surface area (Å²) in [5.74, 6) is 2.12. The third-order valence-corrected chi connectivity index (χ3v) is 4.08. The maximum absolute atomic E-state index is 4.55. The maximum atomic E-state index is 4.55. The Kier molecular flexibility index (Phi) is 4.27. The molecule has 0 aromatic carbocycles. The fourth-order valence-corrected chi connectivity index (χ4v) is 2.70. The standard InChI is InChI=1S/C15H26N4/c1-5-6-12-13(16-4)17-11-18-14(12)19-9-7-15(2,3)8-10-19/h11H,5-10H2,1-4H3,(H,16,17,18). The lowest BCUT2D eigenvalue weighted by molar-refractivity contribution is 0.279. The SMILES string of the molecule is CCCc1c(NC)ncnc1N1CCC(C)(C)CC1. The minimum atomic E-state index is 0.473. The molecule has 106 valence electrons. The van der Waals surface area contributed by atoms with E-state index < -0.39 is 0 Å². The average Bonchev–Trinajstić information content (AvgIpc) is 2.40. The summed E-state index contributed by atoms with van der Waals surface area (Å²) in [6.07, 6.45) is 6.30. The second-order valence-electron chi connectivity index (χ2n) is 6.18. The fraction of sp³-hybridized carbons (Fsp3) is 0.733. The molecular formula is C15H26N4. The number of anilines is 2. The highest BCUT2D eigenvalue weighted by atomic mass is 15.2. The van der Waals surface area contributed by atoms with Crippen LogP contribution >= 0.6 is 0 Å². The Labute approximate surface area is 116 Å². The van der Waals surface area contributed by atoms with Gasteiger partial charge in [-0.1, -0.05) is 27.2 Å². The van der Waals surface area contributed by atoms with E-state index in [0.717, 1.165) is 37.6 Å². The molecule has 4 heteroatoms. The van der Waals surface area contributed by atoms with Gasteiger partial charge in [0.25, 0.3) is 0 Å². The molecule has 0 atom stereocenters. The Morgan fingerprint density at radius 2 is 1.95 bits per heavy atom. The van der Waals surface area contributed by atoms with Gasteiger partial charge in [-0.15, -0.1) is 0 Å². The zero-order valence-corrected chi connectivity index (χ0v) is 12.7. The van der Waals surface area contributed by atoms with Crippen LogP contribution in [0.1, 0.15) is 45.6 Å². The Balaban J connectivity index is 2.24. The summed E-state index contributed by atoms with van der Waals surface area (Å²) in [5.41, 5.74) is 1.74. The van der Waals surface area contributed by atoms with E-state index in [2.05, 4.69) is 41.0 Å². The van der Waals surface area contributed by atoms with Gasteiger partial charge < -0.3 is 10.2 Å². The molecule has 1 aliphatic heterocycles. The number of hydrogen-bond donors (Lipinski definition) is 1. The molecule has 2 rings (SSSR count). The number of aromatic nitrogens is 2. The first-order chi connectivity index (χ1) is 9.07. The van der Waals surface area contributed by atoms with Gasteiger partial charge in [-0.2, -0.15) is 0 Å². The molecule has 1 N–H and O–H groups in total. The summed E-state index contributed by atoms with van der Waals surface area (Å²) in [7, 11) is 1.94. The van der Waals surface area contributed by atoms with Crippen LogP contribution in [0.2, 0.25) is 0 Å². The van der Waals surface area contributed by atoms with Crippen molar-refractivity contribution < 1.29 is 0 Å². The van der Waals surface area contributed by atoms with E-state index in [1.54, 1.807) is 6.33 Å². The number of nitrogens with one attached hydrogen (secondary N) is 1. The third kappa shape index (κ3) is 3.17. The second kappa shape index (κ2) is 5.76. The van der Waals surface area contributed by atoms with Crippen LogP contribution in [-0.4, -0.2) is 30.1 Å². The van der Waals surface area contributed by atoms with Gasteiger partial charge in [0, 0.05) is 25.7 Å². The molecule has 0 unspecified atom stereocenters. The van der Waals surface area contributed by atoms with Crippen molar-refractivity contribution in [3.8, 4) is 0 Å². The summed E-state index contributed by atoms with van der Waals surface area (Å²) in [6, 6.07) is 0. The van der Waals surface area contributed by atoms with E-state index in [1.807, 2.05) is 7.05 Å². The van der Waals surface area contributed by atoms with Gasteiger partial charge in [0.15, 0.2) is 0 Å². The van der Waals surface area contributed by atoms with Crippen molar-refractivity contribution in [1.82, 2.24) is 9.97 Å². The predicted molar refractivity (Wildman–Crippen MR) is 80.8 cm³/mol. The highest BCUT2D eigenvalue weighted by Crippen LogP contribution is 2.33. The van der Waals surface area contributed by atoms with Gasteiger partial charge in [-0.3, -0.25) is 0 Å². The molecule has 0 amide bonds. The monoisotopic (exact) mass is 262 g/mol. The first-order valence-corrected chi connectivity index (χ1v) is 7.34. The summed E-state index contributed by atoms with van der Waals surface area (Å²) < 4.78 is 0. The van der Waals surface area contributed by atoms with E-state index in [4.69, 9.17) is 0 Å². The van der Waals surface area contributed by atoms with E-state index >= 15 is 0 Å². The minimum absolute atomic E-state index is 0.473. The first kappa shape index (κ1) is 14.1. The average molecular weight is 262 g/mol. The molecule has 0 radical (unpaired) electrons. The Bertz CT molecular complexity index is 418. The van der Waals surface area contributed by atoms with Crippen molar-refractivity contribution in [2.45, 2.75) is 46.5 Å². The maximum Gasteiger partial charge on any atom is 0.137 e. The van der Waals surface area contributed by atoms with Crippen LogP contribution in [0.4, 0.5) is 11.6 Å². The van der Waals surface area contributed by atoms with Gasteiger partial charge >= 0.3 is 0 Å². The molecule has 1 saturated heterocycles. The largest absolute Gasteiger partial charge is 0.373 e. The quantitative estimate of drug-likeness (QED) is 0.905. The third-order valence-electron chi connectivity index (χ3n) is 4.08. The van der Waals surface area contributed by atoms with Crippen LogP contribution in [0, 0.1) is 5.41 Å². The lowest BCUT2D eigenvalue weighted by atomic mass is 9.82. The molecule has 0 bridgehead atoms. The van der Waals surface area contributed by atoms with Crippen molar-refractivity contribution in [3.05, 3.63) is 11.9 Å². The Hall–Kier alpha value is -1.32. The minimum Gasteiger partial charge on any atom is -0.373 e. The Morgan fingerprint density at radius 3 is 2.53 bits per heavy atom. The smallest absolute Gasteiger partial charge is 0.137 e. The predicted octanol–water partition coefficient (Wildman–Crippen LogP) is 3.10. The number of piperidine rings is 1. The normalized spacial score (nSPS) is 18.4. The van der Waals surface area contributed by atoms with E-state index in [-0.39, 0.29) is 0 Å². The van der Waals surface area contributed by atoms with E-state index in [1.165, 1.54) is 18.4 Å². The topological polar surface area (TPSA) is 41.1 Å². The summed E-state index contributed by atoms with van der Waals surface area (Å²) in [6.45, 7) is 9.12. The van der Waals surface area contributed by atoms with E-state index in [9.17, 15) is 0 Å². The zero-order chi connectivity index (χ0) is 13.9. The van der Waals surface area contributed by atoms with Crippen LogP contribution < -0.4 is 10.2 Å². The molecule has 4 nitrogen and oxygen atoms in total. The molecule has 19 heavy (non-hydrogen) atoms. The second-order valence-corrected chi connectivity index (χ2v) is 6.18. The van der Waals surface area contributed by atoms with Gasteiger partial charge in [-0.25, -0.2) is 9.97 Å². The lowest BCUT2D eigenvalue weighted by Gasteiger charge is -2.38. The van der Waals surface area contributed by atoms with Crippen LogP contribution in [-0.2, 0) is 6.42 Å². The number of rotatable bonds is 4. The lowest BCUT2D eigenvalue weighted by Crippen LogP contribution is -2.38. The molecule has 1 fully saturated rings. The van der Waals surface area contributed by atoms with Crippen molar-refractivity contribution in [1.29, 1.82) is 0 Å². The van der Waals surface area contributed by atoms with Crippen molar-refractivity contribution in [2.75, 3.05) is 30.4 Å². The fourth-order valence-electron chi connectivity index (χ4n) is 2.70. The van der Waals surface area contributed by atoms with E-state index in [0.29, 0.717) is 5.41 Å². The van der Waals surface area contributed by atoms with Crippen LogP contribution in [0.3, 0.4) is 0 Å². The molecule has 1 aromatic heterocycles. The molecule has 2 heterocycles. The van der Waals surface area contributed by atoms with Gasteiger partial charge in [0.1, 0.15) is 18.0 Å². The van der Waals surface area contributed by atoms with Gasteiger partial charge in [0.2, 0.25) is 0 Å². The summed E-state index contributed by atoms with van der Waals surface area (Å²) >= 11 is 0. The van der Waals surface area contributed by atoms with Crippen molar-refractivity contribution >= 4 is 11.6 Å². The van der Waals surface area contributed by atoms with Crippen molar-refractivity contribution in [2.24, 2.45) is 5.41 Å². The molecule has 0 spiro atoms. The highest BCUT2D eigenvalue weighted by molar-refractivity contribution is 5.58. The van der Waals surface area contributed by atoms with Crippen LogP contribution in [0.5, 0.6) is 0 Å². The zero-order valence-electron chi connectivity index (χ0n) is 12.7. The van der Waals surface area contributed by atoms with Crippen LogP contribution in [0.15, 0.2) is 6.33 Å². The van der Waals surface area contributed by atoms with Crippen LogP contribution in [0.25, 0.3) is 0 Å². The number of hydrogen-bond acceptors (Lipinski definition) is 4. The number of nitrogens with zero attached hydrogens (tertiary/aromatic N) is 3.